The molecule has 0 aliphatic rings. The van der Waals surface area contributed by atoms with E-state index in [1.807, 2.05) is 0 Å². The van der Waals surface area contributed by atoms with Crippen molar-refractivity contribution in [3.05, 3.63) is 164 Å². The maximum Gasteiger partial charge on any atom is 0.136 e. The molecule has 13 rings (SSSR count). The van der Waals surface area contributed by atoms with Gasteiger partial charge < -0.3 is 13.2 Å². The highest BCUT2D eigenvalue weighted by Crippen LogP contribution is 2.46. The molecule has 0 aliphatic carbocycles. The van der Waals surface area contributed by atoms with Crippen molar-refractivity contribution in [1.29, 1.82) is 0 Å². The highest BCUT2D eigenvalue weighted by atomic mass is 16.3. The Morgan fingerprint density at radius 1 is 0.321 bits per heavy atom. The van der Waals surface area contributed by atoms with Gasteiger partial charge in [0.2, 0.25) is 0 Å². The number of nitrogens with zero attached hydrogens (tertiary/aromatic N) is 1. The lowest BCUT2D eigenvalue weighted by Crippen LogP contribution is -1.85. The molecular formula is C50H27NO2. The topological polar surface area (TPSA) is 30.7 Å². The average molecular weight is 674 g/mol. The standard InChI is InChI=1S/C50H27NO2/c1-3-10-30-26-46-40(22-28(30)8-1)38-24-32(18-20-44(38)52-46)34-12-6-16-42-48(34)36-14-5-15-37-49-35(13-7-17-43(49)51(42)50(36)37)33-19-21-45-39(25-33)41-23-29-9-2-4-11-31(29)27-47(41)53-45/h1-27H. The van der Waals surface area contributed by atoms with Crippen molar-refractivity contribution in [2.45, 2.75) is 0 Å². The first-order valence-electron chi connectivity index (χ1n) is 18.2. The van der Waals surface area contributed by atoms with Gasteiger partial charge in [-0.25, -0.2) is 0 Å². The molecule has 0 amide bonds. The van der Waals surface area contributed by atoms with Gasteiger partial charge >= 0.3 is 0 Å². The highest BCUT2D eigenvalue weighted by molar-refractivity contribution is 6.28. The zero-order valence-corrected chi connectivity index (χ0v) is 28.4. The summed E-state index contributed by atoms with van der Waals surface area (Å²) >= 11 is 0. The maximum atomic E-state index is 6.37. The van der Waals surface area contributed by atoms with Crippen LogP contribution in [0.1, 0.15) is 0 Å². The normalized spacial score (nSPS) is 12.5. The zero-order chi connectivity index (χ0) is 34.4. The van der Waals surface area contributed by atoms with Gasteiger partial charge in [-0.2, -0.15) is 0 Å². The summed E-state index contributed by atoms with van der Waals surface area (Å²) in [5.74, 6) is 0. The number of hydrogen-bond acceptors (Lipinski definition) is 2. The molecule has 0 radical (unpaired) electrons. The molecule has 0 atom stereocenters. The second kappa shape index (κ2) is 9.81. The summed E-state index contributed by atoms with van der Waals surface area (Å²) in [6.07, 6.45) is 0. The van der Waals surface area contributed by atoms with Gasteiger partial charge in [0.05, 0.1) is 16.6 Å². The predicted molar refractivity (Wildman–Crippen MR) is 222 cm³/mol. The molecule has 3 nitrogen and oxygen atoms in total. The lowest BCUT2D eigenvalue weighted by Gasteiger charge is -2.08. The van der Waals surface area contributed by atoms with Gasteiger partial charge in [-0.15, -0.1) is 0 Å². The Morgan fingerprint density at radius 2 is 0.755 bits per heavy atom. The fourth-order valence-electron chi connectivity index (χ4n) is 9.32. The van der Waals surface area contributed by atoms with Crippen LogP contribution in [0, 0.1) is 0 Å². The summed E-state index contributed by atoms with van der Waals surface area (Å²) in [4.78, 5) is 0. The van der Waals surface area contributed by atoms with E-state index in [1.54, 1.807) is 0 Å². The Bertz CT molecular complexity index is 3450. The minimum atomic E-state index is 0.911. The monoisotopic (exact) mass is 673 g/mol. The molecule has 244 valence electrons. The van der Waals surface area contributed by atoms with Crippen LogP contribution in [0.25, 0.3) is 126 Å². The molecule has 13 aromatic rings. The van der Waals surface area contributed by atoms with Crippen molar-refractivity contribution in [2.24, 2.45) is 0 Å². The molecule has 0 spiro atoms. The van der Waals surface area contributed by atoms with E-state index in [0.717, 1.165) is 43.9 Å². The summed E-state index contributed by atoms with van der Waals surface area (Å²) in [6, 6.07) is 59.4. The van der Waals surface area contributed by atoms with Crippen LogP contribution in [0.3, 0.4) is 0 Å². The van der Waals surface area contributed by atoms with Crippen molar-refractivity contribution in [1.82, 2.24) is 4.40 Å². The van der Waals surface area contributed by atoms with Crippen LogP contribution < -0.4 is 0 Å². The molecule has 0 aliphatic heterocycles. The van der Waals surface area contributed by atoms with Crippen molar-refractivity contribution in [3.63, 3.8) is 0 Å². The second-order valence-corrected chi connectivity index (χ2v) is 14.5. The van der Waals surface area contributed by atoms with Gasteiger partial charge in [-0.3, -0.25) is 0 Å². The predicted octanol–water partition coefficient (Wildman–Crippen LogP) is 14.3. The molecule has 0 unspecified atom stereocenters. The maximum absolute atomic E-state index is 6.37. The number of hydrogen-bond donors (Lipinski definition) is 0. The minimum Gasteiger partial charge on any atom is -0.456 e. The number of rotatable bonds is 2. The van der Waals surface area contributed by atoms with Gasteiger partial charge in [0, 0.05) is 43.1 Å². The molecule has 0 N–H and O–H groups in total. The van der Waals surface area contributed by atoms with Crippen molar-refractivity contribution < 1.29 is 8.83 Å². The quantitative estimate of drug-likeness (QED) is 0.183. The van der Waals surface area contributed by atoms with E-state index >= 15 is 0 Å². The molecule has 4 aromatic heterocycles. The first-order valence-corrected chi connectivity index (χ1v) is 18.2. The third-order valence-electron chi connectivity index (χ3n) is 11.7. The summed E-state index contributed by atoms with van der Waals surface area (Å²) in [7, 11) is 0. The van der Waals surface area contributed by atoms with Crippen LogP contribution >= 0.6 is 0 Å². The SMILES string of the molecule is c1ccc2cc3c(cc2c1)oc1ccc(-c2cccc4c2c2cccc5c6c(-c7ccc8oc9cc%10ccccc%10cc9c8c7)cccc6n4c25)cc13. The first-order chi connectivity index (χ1) is 26.2. The number of furan rings is 2. The zero-order valence-electron chi connectivity index (χ0n) is 28.4. The van der Waals surface area contributed by atoms with Crippen molar-refractivity contribution in [3.8, 4) is 22.3 Å². The Balaban J connectivity index is 1.04. The summed E-state index contributed by atoms with van der Waals surface area (Å²) in [5, 5.41) is 14.5. The third-order valence-corrected chi connectivity index (χ3v) is 11.7. The van der Waals surface area contributed by atoms with E-state index < -0.39 is 0 Å². The number of para-hydroxylation sites is 1. The molecule has 9 aromatic carbocycles. The minimum absolute atomic E-state index is 0.911. The fourth-order valence-corrected chi connectivity index (χ4v) is 9.32. The average Bonchev–Trinajstić information content (AvgIpc) is 3.95. The second-order valence-electron chi connectivity index (χ2n) is 14.5. The summed E-state index contributed by atoms with van der Waals surface area (Å²) in [5.41, 5.74) is 12.2. The van der Waals surface area contributed by atoms with E-state index in [0.29, 0.717) is 0 Å². The van der Waals surface area contributed by atoms with Crippen molar-refractivity contribution in [2.75, 3.05) is 0 Å². The first kappa shape index (κ1) is 27.6. The van der Waals surface area contributed by atoms with Crippen LogP contribution in [-0.4, -0.2) is 4.40 Å². The Labute approximate surface area is 301 Å². The summed E-state index contributed by atoms with van der Waals surface area (Å²) < 4.78 is 15.2. The van der Waals surface area contributed by atoms with Crippen LogP contribution in [0.2, 0.25) is 0 Å². The van der Waals surface area contributed by atoms with E-state index in [-0.39, 0.29) is 0 Å². The van der Waals surface area contributed by atoms with Crippen LogP contribution in [0.15, 0.2) is 173 Å². The van der Waals surface area contributed by atoms with Crippen LogP contribution in [0.5, 0.6) is 0 Å². The Morgan fingerprint density at radius 3 is 1.25 bits per heavy atom. The summed E-state index contributed by atoms with van der Waals surface area (Å²) in [6.45, 7) is 0. The molecule has 3 heteroatoms. The molecular weight excluding hydrogens is 647 g/mol. The van der Waals surface area contributed by atoms with Crippen LogP contribution in [-0.2, 0) is 0 Å². The lowest BCUT2D eigenvalue weighted by molar-refractivity contribution is 0.669. The molecule has 0 bridgehead atoms. The van der Waals surface area contributed by atoms with Crippen molar-refractivity contribution >= 4 is 104 Å². The van der Waals surface area contributed by atoms with E-state index in [1.165, 1.54) is 81.9 Å². The Kier molecular flexibility index (Phi) is 5.11. The van der Waals surface area contributed by atoms with Gasteiger partial charge in [0.1, 0.15) is 22.3 Å². The van der Waals surface area contributed by atoms with Gasteiger partial charge in [0.25, 0.3) is 0 Å². The molecule has 0 saturated carbocycles. The highest BCUT2D eigenvalue weighted by Gasteiger charge is 2.22. The smallest absolute Gasteiger partial charge is 0.136 e. The number of aromatic nitrogens is 1. The largest absolute Gasteiger partial charge is 0.456 e. The third kappa shape index (κ3) is 3.63. The molecule has 0 saturated heterocycles. The number of benzene rings is 9. The van der Waals surface area contributed by atoms with Gasteiger partial charge in [-0.05, 0) is 104 Å². The molecule has 4 heterocycles. The van der Waals surface area contributed by atoms with E-state index in [9.17, 15) is 0 Å². The molecule has 53 heavy (non-hydrogen) atoms. The number of fused-ring (bicyclic) bond motifs is 14. The van der Waals surface area contributed by atoms with E-state index in [2.05, 4.69) is 168 Å². The van der Waals surface area contributed by atoms with Gasteiger partial charge in [-0.1, -0.05) is 103 Å². The van der Waals surface area contributed by atoms with Gasteiger partial charge in [0.15, 0.2) is 0 Å². The molecule has 0 fully saturated rings. The van der Waals surface area contributed by atoms with E-state index in [4.69, 9.17) is 8.83 Å². The lowest BCUT2D eigenvalue weighted by atomic mass is 9.95. The Hall–Kier alpha value is -7.10. The fraction of sp³-hybridized carbons (Fsp3) is 0. The van der Waals surface area contributed by atoms with Crippen LogP contribution in [0.4, 0.5) is 0 Å².